The Balaban J connectivity index is 1.31. The van der Waals surface area contributed by atoms with E-state index in [4.69, 9.17) is 0 Å². The summed E-state index contributed by atoms with van der Waals surface area (Å²) in [4.78, 5) is 20.6. The Morgan fingerprint density at radius 3 is 2.35 bits per heavy atom. The zero-order valence-electron chi connectivity index (χ0n) is 18.9. The minimum absolute atomic E-state index is 0.0176. The first-order valence-electron chi connectivity index (χ1n) is 11.3. The fourth-order valence-electron chi connectivity index (χ4n) is 4.44. The van der Waals surface area contributed by atoms with Gasteiger partial charge in [-0.25, -0.2) is 13.4 Å². The summed E-state index contributed by atoms with van der Waals surface area (Å²) in [5, 5.41) is 0.0184. The van der Waals surface area contributed by atoms with Crippen molar-refractivity contribution < 1.29 is 26.4 Å². The standard InChI is InChI=1S/C22H28F3N5O3S/c1-2-27-15-20(26-16-27)34(32,33)30-8-6-17(7-9-30)21(31)29-12-10-28(11-13-29)19-5-3-4-18(14-19)22(23,24)25/h3-5,14-17H,2,6-13H2,1H3. The van der Waals surface area contributed by atoms with Crippen LogP contribution in [-0.2, 0) is 27.5 Å². The number of piperazine rings is 1. The topological polar surface area (TPSA) is 78.8 Å². The second-order valence-corrected chi connectivity index (χ2v) is 10.5. The van der Waals surface area contributed by atoms with Crippen LogP contribution in [0, 0.1) is 5.92 Å². The Kier molecular flexibility index (Phi) is 6.90. The number of rotatable bonds is 5. The second kappa shape index (κ2) is 9.57. The molecular formula is C22H28F3N5O3S. The van der Waals surface area contributed by atoms with Crippen molar-refractivity contribution in [3.63, 3.8) is 0 Å². The lowest BCUT2D eigenvalue weighted by molar-refractivity contribution is -0.137. The molecule has 4 rings (SSSR count). The highest BCUT2D eigenvalue weighted by Crippen LogP contribution is 2.32. The molecule has 1 amide bonds. The summed E-state index contributed by atoms with van der Waals surface area (Å²) in [6.07, 6.45) is -0.536. The molecular weight excluding hydrogens is 471 g/mol. The highest BCUT2D eigenvalue weighted by molar-refractivity contribution is 7.89. The Hall–Kier alpha value is -2.60. The van der Waals surface area contributed by atoms with Crippen LogP contribution in [0.15, 0.2) is 41.8 Å². The van der Waals surface area contributed by atoms with E-state index in [2.05, 4.69) is 4.98 Å². The molecule has 0 radical (unpaired) electrons. The molecule has 0 N–H and O–H groups in total. The van der Waals surface area contributed by atoms with Gasteiger partial charge in [0, 0.05) is 63.6 Å². The van der Waals surface area contributed by atoms with Crippen LogP contribution in [0.3, 0.4) is 0 Å². The molecule has 34 heavy (non-hydrogen) atoms. The lowest BCUT2D eigenvalue weighted by Gasteiger charge is -2.39. The molecule has 0 unspecified atom stereocenters. The summed E-state index contributed by atoms with van der Waals surface area (Å²) in [7, 11) is -3.69. The third kappa shape index (κ3) is 5.07. The van der Waals surface area contributed by atoms with Crippen LogP contribution in [-0.4, -0.2) is 72.3 Å². The largest absolute Gasteiger partial charge is 0.416 e. The van der Waals surface area contributed by atoms with E-state index >= 15 is 0 Å². The minimum Gasteiger partial charge on any atom is -0.368 e. The molecule has 1 aromatic carbocycles. The molecule has 8 nitrogen and oxygen atoms in total. The molecule has 0 aliphatic carbocycles. The van der Waals surface area contributed by atoms with Crippen LogP contribution in [0.2, 0.25) is 0 Å². The van der Waals surface area contributed by atoms with Crippen molar-refractivity contribution in [1.29, 1.82) is 0 Å². The van der Waals surface area contributed by atoms with E-state index < -0.39 is 21.8 Å². The highest BCUT2D eigenvalue weighted by Gasteiger charge is 2.36. The van der Waals surface area contributed by atoms with Crippen LogP contribution in [0.25, 0.3) is 0 Å². The number of aryl methyl sites for hydroxylation is 1. The molecule has 0 saturated carbocycles. The minimum atomic E-state index is -4.40. The van der Waals surface area contributed by atoms with E-state index in [1.54, 1.807) is 15.5 Å². The van der Waals surface area contributed by atoms with Crippen molar-refractivity contribution in [3.8, 4) is 0 Å². The van der Waals surface area contributed by atoms with Gasteiger partial charge in [-0.1, -0.05) is 6.07 Å². The predicted octanol–water partition coefficient (Wildman–Crippen LogP) is 2.67. The maximum atomic E-state index is 13.0. The van der Waals surface area contributed by atoms with Crippen LogP contribution >= 0.6 is 0 Å². The number of aromatic nitrogens is 2. The van der Waals surface area contributed by atoms with E-state index in [9.17, 15) is 26.4 Å². The Morgan fingerprint density at radius 2 is 1.76 bits per heavy atom. The summed E-state index contributed by atoms with van der Waals surface area (Å²) >= 11 is 0. The molecule has 0 atom stereocenters. The SMILES string of the molecule is CCn1cnc(S(=O)(=O)N2CCC(C(=O)N3CCN(c4cccc(C(F)(F)F)c4)CC3)CC2)c1. The number of carbonyl (C=O) groups is 1. The third-order valence-electron chi connectivity index (χ3n) is 6.51. The highest BCUT2D eigenvalue weighted by atomic mass is 32.2. The van der Waals surface area contributed by atoms with Gasteiger partial charge in [-0.05, 0) is 38.0 Å². The molecule has 0 bridgehead atoms. The summed E-state index contributed by atoms with van der Waals surface area (Å²) in [6.45, 7) is 4.75. The van der Waals surface area contributed by atoms with Crippen LogP contribution < -0.4 is 4.90 Å². The number of hydrogen-bond donors (Lipinski definition) is 0. The van der Waals surface area contributed by atoms with Gasteiger partial charge in [-0.15, -0.1) is 0 Å². The molecule has 186 valence electrons. The lowest BCUT2D eigenvalue weighted by Crippen LogP contribution is -2.52. The van der Waals surface area contributed by atoms with Crippen molar-refractivity contribution in [2.45, 2.75) is 37.5 Å². The van der Waals surface area contributed by atoms with Crippen molar-refractivity contribution in [2.24, 2.45) is 5.92 Å². The van der Waals surface area contributed by atoms with Gasteiger partial charge >= 0.3 is 6.18 Å². The van der Waals surface area contributed by atoms with E-state index in [-0.39, 0.29) is 29.9 Å². The van der Waals surface area contributed by atoms with Crippen molar-refractivity contribution in [3.05, 3.63) is 42.4 Å². The number of benzene rings is 1. The Morgan fingerprint density at radius 1 is 1.09 bits per heavy atom. The first-order valence-corrected chi connectivity index (χ1v) is 12.8. The van der Waals surface area contributed by atoms with Crippen molar-refractivity contribution >= 4 is 21.6 Å². The van der Waals surface area contributed by atoms with E-state index in [0.29, 0.717) is 51.3 Å². The molecule has 2 aliphatic heterocycles. The molecule has 0 spiro atoms. The Labute approximate surface area is 197 Å². The fourth-order valence-corrected chi connectivity index (χ4v) is 5.85. The van der Waals surface area contributed by atoms with Gasteiger partial charge in [-0.2, -0.15) is 17.5 Å². The molecule has 2 fully saturated rings. The number of nitrogens with zero attached hydrogens (tertiary/aromatic N) is 5. The average Bonchev–Trinajstić information content (AvgIpc) is 3.34. The number of anilines is 1. The zero-order valence-corrected chi connectivity index (χ0v) is 19.7. The van der Waals surface area contributed by atoms with Crippen molar-refractivity contribution in [2.75, 3.05) is 44.2 Å². The lowest BCUT2D eigenvalue weighted by atomic mass is 9.96. The number of sulfonamides is 1. The smallest absolute Gasteiger partial charge is 0.368 e. The van der Waals surface area contributed by atoms with Gasteiger partial charge in [0.2, 0.25) is 5.91 Å². The number of alkyl halides is 3. The molecule has 1 aromatic heterocycles. The maximum Gasteiger partial charge on any atom is 0.416 e. The third-order valence-corrected chi connectivity index (χ3v) is 8.30. The molecule has 2 saturated heterocycles. The van der Waals surface area contributed by atoms with Crippen LogP contribution in [0.4, 0.5) is 18.9 Å². The zero-order chi connectivity index (χ0) is 24.5. The van der Waals surface area contributed by atoms with E-state index in [1.165, 1.54) is 22.9 Å². The van der Waals surface area contributed by atoms with Crippen molar-refractivity contribution in [1.82, 2.24) is 18.8 Å². The van der Waals surface area contributed by atoms with Gasteiger partial charge in [0.05, 0.1) is 11.9 Å². The fraction of sp³-hybridized carbons (Fsp3) is 0.545. The summed E-state index contributed by atoms with van der Waals surface area (Å²) < 4.78 is 67.8. The number of hydrogen-bond acceptors (Lipinski definition) is 5. The summed E-state index contributed by atoms with van der Waals surface area (Å²) in [5.74, 6) is -0.282. The van der Waals surface area contributed by atoms with Gasteiger partial charge < -0.3 is 14.4 Å². The average molecular weight is 500 g/mol. The van der Waals surface area contributed by atoms with Gasteiger partial charge in [0.25, 0.3) is 10.0 Å². The van der Waals surface area contributed by atoms with E-state index in [0.717, 1.165) is 12.1 Å². The number of piperidine rings is 1. The van der Waals surface area contributed by atoms with Crippen LogP contribution in [0.1, 0.15) is 25.3 Å². The van der Waals surface area contributed by atoms with Gasteiger partial charge in [-0.3, -0.25) is 4.79 Å². The summed E-state index contributed by atoms with van der Waals surface area (Å²) in [5.41, 5.74) is -0.197. The van der Waals surface area contributed by atoms with E-state index in [1.807, 2.05) is 11.8 Å². The maximum absolute atomic E-state index is 13.0. The second-order valence-electron chi connectivity index (χ2n) is 8.58. The Bertz CT molecular complexity index is 1120. The molecule has 12 heteroatoms. The van der Waals surface area contributed by atoms with Gasteiger partial charge in [0.1, 0.15) is 0 Å². The first-order chi connectivity index (χ1) is 16.1. The number of imidazole rings is 1. The molecule has 2 aliphatic rings. The number of halogens is 3. The predicted molar refractivity (Wildman–Crippen MR) is 120 cm³/mol. The molecule has 2 aromatic rings. The normalized spacial score (nSPS) is 18.9. The number of amides is 1. The quantitative estimate of drug-likeness (QED) is 0.632. The molecule has 3 heterocycles. The van der Waals surface area contributed by atoms with Gasteiger partial charge in [0.15, 0.2) is 5.03 Å². The summed E-state index contributed by atoms with van der Waals surface area (Å²) in [6, 6.07) is 5.22. The first kappa shape index (κ1) is 24.5. The monoisotopic (exact) mass is 499 g/mol. The van der Waals surface area contributed by atoms with Crippen LogP contribution in [0.5, 0.6) is 0 Å². The number of carbonyl (C=O) groups excluding carboxylic acids is 1.